The first-order valence-electron chi connectivity index (χ1n) is 6.49. The number of pyridine rings is 1. The molecule has 2 heterocycles. The summed E-state index contributed by atoms with van der Waals surface area (Å²) < 4.78 is 2.09. The van der Waals surface area contributed by atoms with Crippen LogP contribution in [0, 0.1) is 0 Å². The Bertz CT molecular complexity index is 890. The van der Waals surface area contributed by atoms with E-state index in [-0.39, 0.29) is 18.0 Å². The maximum Gasteiger partial charge on any atom is 0.261 e. The van der Waals surface area contributed by atoms with Gasteiger partial charge >= 0.3 is 0 Å². The molecule has 7 heteroatoms. The fraction of sp³-hybridized carbons (Fsp3) is 0.0667. The summed E-state index contributed by atoms with van der Waals surface area (Å²) in [7, 11) is 0. The fourth-order valence-electron chi connectivity index (χ4n) is 2.01. The molecule has 0 saturated carbocycles. The number of nitrogens with one attached hydrogen (secondary N) is 1. The number of anilines is 1. The Hall–Kier alpha value is -2.54. The number of hydrogen-bond donors (Lipinski definition) is 1. The lowest BCUT2D eigenvalue weighted by Gasteiger charge is -2.07. The van der Waals surface area contributed by atoms with Gasteiger partial charge in [0.2, 0.25) is 5.91 Å². The van der Waals surface area contributed by atoms with Crippen LogP contribution in [0.5, 0.6) is 0 Å². The second-order valence-electron chi connectivity index (χ2n) is 4.60. The minimum Gasteiger partial charge on any atom is -0.309 e. The van der Waals surface area contributed by atoms with E-state index in [0.717, 1.165) is 4.47 Å². The van der Waals surface area contributed by atoms with Gasteiger partial charge < -0.3 is 5.32 Å². The Balaban J connectivity index is 1.81. The van der Waals surface area contributed by atoms with Crippen molar-refractivity contribution < 1.29 is 4.79 Å². The largest absolute Gasteiger partial charge is 0.309 e. The predicted molar refractivity (Wildman–Crippen MR) is 86.6 cm³/mol. The molecule has 3 aromatic rings. The molecule has 0 atom stereocenters. The molecule has 3 rings (SSSR count). The highest BCUT2D eigenvalue weighted by atomic mass is 79.9. The van der Waals surface area contributed by atoms with Crippen LogP contribution in [0.15, 0.2) is 58.2 Å². The topological polar surface area (TPSA) is 76.9 Å². The van der Waals surface area contributed by atoms with Gasteiger partial charge in [-0.1, -0.05) is 12.1 Å². The lowest BCUT2D eigenvalue weighted by Crippen LogP contribution is -2.28. The highest BCUT2D eigenvalue weighted by molar-refractivity contribution is 9.10. The third kappa shape index (κ3) is 3.04. The standard InChI is InChI=1S/C15H11BrN4O2/c16-10-5-6-13(17-7-10)19-14(21)8-20-9-18-12-4-2-1-3-11(12)15(20)22/h1-7,9H,8H2,(H,17,19,21). The van der Waals surface area contributed by atoms with E-state index < -0.39 is 0 Å². The zero-order valence-electron chi connectivity index (χ0n) is 11.4. The third-order valence-corrected chi connectivity index (χ3v) is 3.51. The lowest BCUT2D eigenvalue weighted by atomic mass is 10.2. The van der Waals surface area contributed by atoms with Crippen LogP contribution in [0.1, 0.15) is 0 Å². The Labute approximate surface area is 134 Å². The maximum atomic E-state index is 12.3. The molecule has 0 aliphatic rings. The number of carbonyl (C=O) groups excluding carboxylic acids is 1. The molecule has 0 saturated heterocycles. The van der Waals surface area contributed by atoms with Crippen LogP contribution in [0.3, 0.4) is 0 Å². The number of nitrogens with zero attached hydrogens (tertiary/aromatic N) is 3. The van der Waals surface area contributed by atoms with Crippen LogP contribution in [-0.2, 0) is 11.3 Å². The van der Waals surface area contributed by atoms with Crippen molar-refractivity contribution >= 4 is 38.6 Å². The van der Waals surface area contributed by atoms with E-state index in [1.165, 1.54) is 10.9 Å². The van der Waals surface area contributed by atoms with Gasteiger partial charge in [-0.2, -0.15) is 0 Å². The molecule has 0 unspecified atom stereocenters. The van der Waals surface area contributed by atoms with Gasteiger partial charge in [0.05, 0.1) is 17.2 Å². The molecule has 0 aliphatic heterocycles. The molecule has 0 radical (unpaired) electrons. The zero-order valence-corrected chi connectivity index (χ0v) is 12.9. The first kappa shape index (κ1) is 14.4. The Morgan fingerprint density at radius 1 is 1.18 bits per heavy atom. The average molecular weight is 359 g/mol. The van der Waals surface area contributed by atoms with Gasteiger partial charge in [0.1, 0.15) is 12.4 Å². The Morgan fingerprint density at radius 3 is 2.77 bits per heavy atom. The number of benzene rings is 1. The number of aromatic nitrogens is 3. The van der Waals surface area contributed by atoms with E-state index in [0.29, 0.717) is 16.7 Å². The van der Waals surface area contributed by atoms with Gasteiger partial charge in [0.15, 0.2) is 0 Å². The first-order chi connectivity index (χ1) is 10.6. The zero-order chi connectivity index (χ0) is 15.5. The summed E-state index contributed by atoms with van der Waals surface area (Å²) >= 11 is 3.27. The number of amides is 1. The Morgan fingerprint density at radius 2 is 2.00 bits per heavy atom. The molecule has 0 aliphatic carbocycles. The SMILES string of the molecule is O=C(Cn1cnc2ccccc2c1=O)Nc1ccc(Br)cn1. The molecule has 22 heavy (non-hydrogen) atoms. The molecular weight excluding hydrogens is 348 g/mol. The first-order valence-corrected chi connectivity index (χ1v) is 7.28. The van der Waals surface area contributed by atoms with E-state index in [4.69, 9.17) is 0 Å². The van der Waals surface area contributed by atoms with E-state index in [1.54, 1.807) is 36.5 Å². The second kappa shape index (κ2) is 6.07. The second-order valence-corrected chi connectivity index (χ2v) is 5.52. The molecule has 1 aromatic carbocycles. The lowest BCUT2D eigenvalue weighted by molar-refractivity contribution is -0.116. The highest BCUT2D eigenvalue weighted by Gasteiger charge is 2.08. The number of halogens is 1. The quantitative estimate of drug-likeness (QED) is 0.778. The van der Waals surface area contributed by atoms with E-state index in [9.17, 15) is 9.59 Å². The molecular formula is C15H11BrN4O2. The van der Waals surface area contributed by atoms with Crippen molar-refractivity contribution in [3.63, 3.8) is 0 Å². The van der Waals surface area contributed by atoms with Crippen molar-refractivity contribution in [2.24, 2.45) is 0 Å². The monoisotopic (exact) mass is 358 g/mol. The van der Waals surface area contributed by atoms with Crippen molar-refractivity contribution in [2.75, 3.05) is 5.32 Å². The maximum absolute atomic E-state index is 12.3. The summed E-state index contributed by atoms with van der Waals surface area (Å²) in [5.41, 5.74) is 0.364. The van der Waals surface area contributed by atoms with Crippen molar-refractivity contribution in [1.29, 1.82) is 0 Å². The van der Waals surface area contributed by atoms with Crippen LogP contribution in [0.25, 0.3) is 10.9 Å². The van der Waals surface area contributed by atoms with Gasteiger partial charge in [0.25, 0.3) is 5.56 Å². The van der Waals surface area contributed by atoms with Gasteiger partial charge in [-0.05, 0) is 40.2 Å². The number of carbonyl (C=O) groups is 1. The van der Waals surface area contributed by atoms with Crippen molar-refractivity contribution in [3.05, 3.63) is 63.7 Å². The molecule has 0 bridgehead atoms. The summed E-state index contributed by atoms with van der Waals surface area (Å²) in [6.07, 6.45) is 2.96. The van der Waals surface area contributed by atoms with Gasteiger partial charge in [-0.25, -0.2) is 9.97 Å². The number of para-hydroxylation sites is 1. The minimum absolute atomic E-state index is 0.117. The van der Waals surface area contributed by atoms with Gasteiger partial charge in [-0.3, -0.25) is 14.2 Å². The highest BCUT2D eigenvalue weighted by Crippen LogP contribution is 2.10. The molecule has 6 nitrogen and oxygen atoms in total. The molecule has 110 valence electrons. The number of hydrogen-bond acceptors (Lipinski definition) is 4. The van der Waals surface area contributed by atoms with Gasteiger partial charge in [-0.15, -0.1) is 0 Å². The van der Waals surface area contributed by atoms with Crippen molar-refractivity contribution in [1.82, 2.24) is 14.5 Å². The predicted octanol–water partition coefficient (Wildman–Crippen LogP) is 2.19. The van der Waals surface area contributed by atoms with Crippen LogP contribution >= 0.6 is 15.9 Å². The minimum atomic E-state index is -0.339. The van der Waals surface area contributed by atoms with Crippen molar-refractivity contribution in [2.45, 2.75) is 6.54 Å². The van der Waals surface area contributed by atoms with Crippen LogP contribution in [0.4, 0.5) is 5.82 Å². The molecule has 1 N–H and O–H groups in total. The molecule has 0 fully saturated rings. The fourth-order valence-corrected chi connectivity index (χ4v) is 2.24. The normalized spacial score (nSPS) is 10.6. The van der Waals surface area contributed by atoms with Crippen LogP contribution in [0.2, 0.25) is 0 Å². The van der Waals surface area contributed by atoms with Crippen LogP contribution in [-0.4, -0.2) is 20.4 Å². The summed E-state index contributed by atoms with van der Waals surface area (Å²) in [5, 5.41) is 3.12. The molecule has 2 aromatic heterocycles. The van der Waals surface area contributed by atoms with E-state index in [1.807, 2.05) is 6.07 Å². The van der Waals surface area contributed by atoms with Gasteiger partial charge in [0, 0.05) is 10.7 Å². The van der Waals surface area contributed by atoms with E-state index in [2.05, 4.69) is 31.2 Å². The summed E-state index contributed by atoms with van der Waals surface area (Å²) in [5.74, 6) is 0.0870. The average Bonchev–Trinajstić information content (AvgIpc) is 2.53. The summed E-state index contributed by atoms with van der Waals surface area (Å²) in [6.45, 7) is -0.117. The molecule has 0 spiro atoms. The number of fused-ring (bicyclic) bond motifs is 1. The van der Waals surface area contributed by atoms with E-state index >= 15 is 0 Å². The molecule has 1 amide bonds. The smallest absolute Gasteiger partial charge is 0.261 e. The van der Waals surface area contributed by atoms with Crippen LogP contribution < -0.4 is 10.9 Å². The Kier molecular flexibility index (Phi) is 3.97. The summed E-state index contributed by atoms with van der Waals surface area (Å²) in [4.78, 5) is 32.5. The third-order valence-electron chi connectivity index (χ3n) is 3.04. The number of rotatable bonds is 3. The van der Waals surface area contributed by atoms with Crippen molar-refractivity contribution in [3.8, 4) is 0 Å². The summed E-state index contributed by atoms with van der Waals surface area (Å²) in [6, 6.07) is 10.5.